The highest BCUT2D eigenvalue weighted by atomic mass is 127. The third-order valence-electron chi connectivity index (χ3n) is 3.81. The van der Waals surface area contributed by atoms with Crippen LogP contribution in [0.3, 0.4) is 0 Å². The van der Waals surface area contributed by atoms with Gasteiger partial charge in [-0.15, -0.1) is 0 Å². The first kappa shape index (κ1) is 17.5. The summed E-state index contributed by atoms with van der Waals surface area (Å²) >= 11 is 2.11. The number of imidazole rings is 1. The van der Waals surface area contributed by atoms with Gasteiger partial charge in [0.25, 0.3) is 5.91 Å². The molecule has 0 saturated carbocycles. The smallest absolute Gasteiger partial charge is 0.252 e. The average molecular weight is 451 g/mol. The van der Waals surface area contributed by atoms with Gasteiger partial charge in [0.15, 0.2) is 11.5 Å². The highest BCUT2D eigenvalue weighted by Gasteiger charge is 2.15. The number of carbonyl (C=O) groups excluding carboxylic acids is 1. The van der Waals surface area contributed by atoms with Gasteiger partial charge in [-0.1, -0.05) is 0 Å². The number of halogens is 1. The Morgan fingerprint density at radius 2 is 1.96 bits per heavy atom. The van der Waals surface area contributed by atoms with Gasteiger partial charge in [0.1, 0.15) is 5.65 Å². The summed E-state index contributed by atoms with van der Waals surface area (Å²) in [5.74, 6) is 0.939. The first-order chi connectivity index (χ1) is 12.0. The van der Waals surface area contributed by atoms with Gasteiger partial charge in [0.2, 0.25) is 0 Å². The van der Waals surface area contributed by atoms with Crippen molar-refractivity contribution in [2.24, 2.45) is 0 Å². The molecule has 0 atom stereocenters. The zero-order valence-electron chi connectivity index (χ0n) is 14.2. The summed E-state index contributed by atoms with van der Waals surface area (Å²) in [5.41, 5.74) is 3.35. The van der Waals surface area contributed by atoms with Gasteiger partial charge in [0.05, 0.1) is 32.0 Å². The normalized spacial score (nSPS) is 10.7. The second-order valence-corrected chi connectivity index (χ2v) is 6.73. The molecule has 0 bridgehead atoms. The van der Waals surface area contributed by atoms with Crippen LogP contribution in [-0.4, -0.2) is 29.5 Å². The zero-order valence-corrected chi connectivity index (χ0v) is 16.3. The molecule has 0 aliphatic carbocycles. The number of pyridine rings is 1. The van der Waals surface area contributed by atoms with Crippen LogP contribution in [0, 0.1) is 10.5 Å². The summed E-state index contributed by atoms with van der Waals surface area (Å²) < 4.78 is 13.3. The van der Waals surface area contributed by atoms with Crippen molar-refractivity contribution in [3.63, 3.8) is 0 Å². The van der Waals surface area contributed by atoms with Crippen LogP contribution in [0.4, 0.5) is 0 Å². The molecule has 0 aliphatic rings. The minimum atomic E-state index is -0.182. The van der Waals surface area contributed by atoms with Gasteiger partial charge in [-0.3, -0.25) is 4.79 Å². The van der Waals surface area contributed by atoms with E-state index in [0.29, 0.717) is 23.6 Å². The predicted molar refractivity (Wildman–Crippen MR) is 103 cm³/mol. The van der Waals surface area contributed by atoms with Gasteiger partial charge in [-0.2, -0.15) is 0 Å². The van der Waals surface area contributed by atoms with Crippen LogP contribution >= 0.6 is 22.6 Å². The molecule has 3 aromatic rings. The van der Waals surface area contributed by atoms with Crippen LogP contribution in [0.25, 0.3) is 5.65 Å². The highest BCUT2D eigenvalue weighted by Crippen LogP contribution is 2.31. The lowest BCUT2D eigenvalue weighted by Gasteiger charge is -2.11. The van der Waals surface area contributed by atoms with Crippen molar-refractivity contribution in [3.8, 4) is 11.5 Å². The Balaban J connectivity index is 1.77. The summed E-state index contributed by atoms with van der Waals surface area (Å²) in [4.78, 5) is 17.1. The van der Waals surface area contributed by atoms with E-state index in [9.17, 15) is 4.79 Å². The fraction of sp³-hybridized carbons (Fsp3) is 0.222. The Labute approximate surface area is 159 Å². The molecule has 7 heteroatoms. The number of hydrogen-bond donors (Lipinski definition) is 1. The number of amides is 1. The molecule has 0 fully saturated rings. The number of aromatic nitrogens is 2. The molecule has 0 radical (unpaired) electrons. The molecule has 25 heavy (non-hydrogen) atoms. The van der Waals surface area contributed by atoms with Crippen LogP contribution in [0.1, 0.15) is 21.6 Å². The molecule has 130 valence electrons. The van der Waals surface area contributed by atoms with Crippen molar-refractivity contribution in [3.05, 3.63) is 57.1 Å². The number of nitrogens with one attached hydrogen (secondary N) is 1. The van der Waals surface area contributed by atoms with E-state index in [-0.39, 0.29) is 5.91 Å². The number of aryl methyl sites for hydroxylation is 1. The van der Waals surface area contributed by atoms with E-state index in [2.05, 4.69) is 32.9 Å². The molecule has 0 spiro atoms. The van der Waals surface area contributed by atoms with E-state index in [1.165, 1.54) is 0 Å². The van der Waals surface area contributed by atoms with Crippen molar-refractivity contribution in [1.29, 1.82) is 0 Å². The molecule has 3 rings (SSSR count). The van der Waals surface area contributed by atoms with Crippen LogP contribution in [-0.2, 0) is 6.54 Å². The van der Waals surface area contributed by atoms with E-state index in [1.807, 2.05) is 35.9 Å². The van der Waals surface area contributed by atoms with Crippen molar-refractivity contribution in [2.75, 3.05) is 14.2 Å². The Kier molecular flexibility index (Phi) is 5.12. The Bertz CT molecular complexity index is 937. The van der Waals surface area contributed by atoms with Gasteiger partial charge >= 0.3 is 0 Å². The monoisotopic (exact) mass is 451 g/mol. The largest absolute Gasteiger partial charge is 0.493 e. The number of methoxy groups -OCH3 is 2. The number of benzene rings is 1. The fourth-order valence-corrected chi connectivity index (χ4v) is 3.20. The van der Waals surface area contributed by atoms with Gasteiger partial charge in [0, 0.05) is 16.0 Å². The van der Waals surface area contributed by atoms with Crippen molar-refractivity contribution in [1.82, 2.24) is 14.7 Å². The molecule has 0 aliphatic heterocycles. The zero-order chi connectivity index (χ0) is 18.0. The summed E-state index contributed by atoms with van der Waals surface area (Å²) in [5, 5.41) is 2.90. The summed E-state index contributed by atoms with van der Waals surface area (Å²) in [7, 11) is 3.11. The van der Waals surface area contributed by atoms with Crippen LogP contribution < -0.4 is 14.8 Å². The Hall–Kier alpha value is -2.29. The maximum absolute atomic E-state index is 12.5. The van der Waals surface area contributed by atoms with E-state index < -0.39 is 0 Å². The lowest BCUT2D eigenvalue weighted by molar-refractivity contribution is 0.0949. The molecule has 1 aromatic carbocycles. The molecule has 0 unspecified atom stereocenters. The summed E-state index contributed by atoms with van der Waals surface area (Å²) in [6.45, 7) is 2.37. The topological polar surface area (TPSA) is 64.9 Å². The lowest BCUT2D eigenvalue weighted by Crippen LogP contribution is -2.24. The molecule has 0 saturated heterocycles. The average Bonchev–Trinajstić information content (AvgIpc) is 3.01. The second-order valence-electron chi connectivity index (χ2n) is 5.57. The predicted octanol–water partition coefficient (Wildman–Crippen LogP) is 3.19. The van der Waals surface area contributed by atoms with E-state index in [0.717, 1.165) is 20.5 Å². The van der Waals surface area contributed by atoms with Crippen LogP contribution in [0.15, 0.2) is 36.7 Å². The van der Waals surface area contributed by atoms with Gasteiger partial charge < -0.3 is 19.2 Å². The minimum absolute atomic E-state index is 0.182. The van der Waals surface area contributed by atoms with Crippen molar-refractivity contribution >= 4 is 34.1 Å². The maximum atomic E-state index is 12.5. The molecule has 1 amide bonds. The van der Waals surface area contributed by atoms with E-state index >= 15 is 0 Å². The number of fused-ring (bicyclic) bond motifs is 1. The SMILES string of the molecule is COc1cc(I)c(C(=O)NCc2cn3ccc(C)cc3n2)cc1OC. The van der Waals surface area contributed by atoms with E-state index in [1.54, 1.807) is 26.4 Å². The van der Waals surface area contributed by atoms with Crippen LogP contribution in [0.5, 0.6) is 11.5 Å². The van der Waals surface area contributed by atoms with E-state index in [4.69, 9.17) is 9.47 Å². The molecule has 1 N–H and O–H groups in total. The highest BCUT2D eigenvalue weighted by molar-refractivity contribution is 14.1. The fourth-order valence-electron chi connectivity index (χ4n) is 2.52. The first-order valence-electron chi connectivity index (χ1n) is 7.65. The van der Waals surface area contributed by atoms with Gasteiger partial charge in [-0.25, -0.2) is 4.98 Å². The van der Waals surface area contributed by atoms with Crippen LogP contribution in [0.2, 0.25) is 0 Å². The third-order valence-corrected chi connectivity index (χ3v) is 4.71. The number of ether oxygens (including phenoxy) is 2. The molecular formula is C18H18IN3O3. The molecule has 2 aromatic heterocycles. The van der Waals surface area contributed by atoms with Crippen molar-refractivity contribution in [2.45, 2.75) is 13.5 Å². The van der Waals surface area contributed by atoms with Gasteiger partial charge in [-0.05, 0) is 59.3 Å². The number of rotatable bonds is 5. The summed E-state index contributed by atoms with van der Waals surface area (Å²) in [6.07, 6.45) is 3.87. The maximum Gasteiger partial charge on any atom is 0.252 e. The molecular weight excluding hydrogens is 433 g/mol. The standard InChI is InChI=1S/C18H18IN3O3/c1-11-4-5-22-10-12(21-17(22)6-11)9-20-18(23)13-7-15(24-2)16(25-3)8-14(13)19/h4-8,10H,9H2,1-3H3,(H,20,23). The Morgan fingerprint density at radius 3 is 2.68 bits per heavy atom. The Morgan fingerprint density at radius 1 is 1.24 bits per heavy atom. The second kappa shape index (κ2) is 7.30. The van der Waals surface area contributed by atoms with Crippen molar-refractivity contribution < 1.29 is 14.3 Å². The molecule has 6 nitrogen and oxygen atoms in total. The number of hydrogen-bond acceptors (Lipinski definition) is 4. The lowest BCUT2D eigenvalue weighted by atomic mass is 10.2. The third kappa shape index (κ3) is 3.71. The molecule has 2 heterocycles. The first-order valence-corrected chi connectivity index (χ1v) is 8.73. The minimum Gasteiger partial charge on any atom is -0.493 e. The number of nitrogens with zero attached hydrogens (tertiary/aromatic N) is 2. The summed E-state index contributed by atoms with van der Waals surface area (Å²) in [6, 6.07) is 7.48. The quantitative estimate of drug-likeness (QED) is 0.606. The number of carbonyl (C=O) groups is 1.